The highest BCUT2D eigenvalue weighted by Gasteiger charge is 2.38. The molecule has 0 fully saturated rings. The Hall–Kier alpha value is -2.30. The number of ether oxygens (including phenoxy) is 1. The molecule has 0 spiro atoms. The van der Waals surface area contributed by atoms with E-state index in [2.05, 4.69) is 40.1 Å². The average Bonchev–Trinajstić information content (AvgIpc) is 3.14. The number of hydrogen-bond acceptors (Lipinski definition) is 5. The highest BCUT2D eigenvalue weighted by molar-refractivity contribution is 9.10. The minimum absolute atomic E-state index is 0.0853. The third-order valence-corrected chi connectivity index (χ3v) is 7.67. The summed E-state index contributed by atoms with van der Waals surface area (Å²) in [5, 5.41) is 8.31. The molecule has 1 aliphatic heterocycles. The van der Waals surface area contributed by atoms with Gasteiger partial charge in [-0.15, -0.1) is 5.10 Å². The number of aromatic nitrogens is 3. The van der Waals surface area contributed by atoms with E-state index in [1.165, 1.54) is 16.4 Å². The molecule has 32 heavy (non-hydrogen) atoms. The summed E-state index contributed by atoms with van der Waals surface area (Å²) < 4.78 is 50.1. The zero-order chi connectivity index (χ0) is 22.9. The van der Waals surface area contributed by atoms with E-state index in [1.54, 1.807) is 41.2 Å². The van der Waals surface area contributed by atoms with Crippen LogP contribution in [0, 0.1) is 11.7 Å². The molecule has 0 radical (unpaired) electrons. The van der Waals surface area contributed by atoms with Crippen LogP contribution in [0.1, 0.15) is 31.5 Å². The smallest absolute Gasteiger partial charge is 0.247 e. The Labute approximate surface area is 195 Å². The number of nitrogens with zero attached hydrogens (tertiary/aromatic N) is 4. The molecule has 0 unspecified atom stereocenters. The second kappa shape index (κ2) is 9.29. The van der Waals surface area contributed by atoms with Crippen molar-refractivity contribution < 1.29 is 17.5 Å². The zero-order valence-electron chi connectivity index (χ0n) is 17.8. The first kappa shape index (κ1) is 22.9. The van der Waals surface area contributed by atoms with Gasteiger partial charge in [0.15, 0.2) is 0 Å². The molecule has 7 nitrogen and oxygen atoms in total. The Bertz CT molecular complexity index is 1200. The number of hydrogen-bond donors (Lipinski definition) is 0. The molecule has 1 aromatic heterocycles. The van der Waals surface area contributed by atoms with Crippen LogP contribution in [0.3, 0.4) is 0 Å². The number of fused-ring (bicyclic) bond motifs is 1. The maximum absolute atomic E-state index is 13.6. The monoisotopic (exact) mass is 522 g/mol. The lowest BCUT2D eigenvalue weighted by Crippen LogP contribution is -2.42. The van der Waals surface area contributed by atoms with Gasteiger partial charge in [0.25, 0.3) is 0 Å². The van der Waals surface area contributed by atoms with Crippen LogP contribution < -0.4 is 4.74 Å². The fraction of sp³-hybridized carbons (Fsp3) is 0.364. The summed E-state index contributed by atoms with van der Waals surface area (Å²) in [6.45, 7) is 4.86. The lowest BCUT2D eigenvalue weighted by molar-refractivity contribution is 0.186. The van der Waals surface area contributed by atoms with Gasteiger partial charge in [-0.1, -0.05) is 47.1 Å². The normalized spacial score (nSPS) is 18.2. The van der Waals surface area contributed by atoms with E-state index in [0.29, 0.717) is 24.4 Å². The molecule has 0 saturated heterocycles. The van der Waals surface area contributed by atoms with Gasteiger partial charge in [-0.3, -0.25) is 0 Å². The van der Waals surface area contributed by atoms with E-state index < -0.39 is 10.0 Å². The van der Waals surface area contributed by atoms with Gasteiger partial charge < -0.3 is 4.74 Å². The quantitative estimate of drug-likeness (QED) is 0.484. The van der Waals surface area contributed by atoms with Crippen molar-refractivity contribution in [2.24, 2.45) is 5.92 Å². The van der Waals surface area contributed by atoms with Gasteiger partial charge in [0.1, 0.15) is 23.1 Å². The molecule has 0 N–H and O–H groups in total. The number of sulfonamides is 1. The predicted octanol–water partition coefficient (Wildman–Crippen LogP) is 4.23. The number of benzene rings is 2. The van der Waals surface area contributed by atoms with E-state index in [1.807, 2.05) is 0 Å². The highest BCUT2D eigenvalue weighted by atomic mass is 79.9. The molecule has 1 aliphatic rings. The number of halogens is 2. The van der Waals surface area contributed by atoms with Crippen LogP contribution in [0.5, 0.6) is 5.75 Å². The second-order valence-electron chi connectivity index (χ2n) is 8.27. The molecule has 0 amide bonds. The summed E-state index contributed by atoms with van der Waals surface area (Å²) in [7, 11) is -3.81. The van der Waals surface area contributed by atoms with Crippen molar-refractivity contribution in [3.8, 4) is 5.75 Å². The lowest BCUT2D eigenvalue weighted by Gasteiger charge is -2.28. The Morgan fingerprint density at radius 1 is 1.19 bits per heavy atom. The molecular formula is C22H24BrFN4O3S. The lowest BCUT2D eigenvalue weighted by atomic mass is 10.0. The largest absolute Gasteiger partial charge is 0.490 e. The first-order valence-electron chi connectivity index (χ1n) is 10.3. The van der Waals surface area contributed by atoms with Crippen LogP contribution in [0.4, 0.5) is 4.39 Å². The molecule has 10 heteroatoms. The van der Waals surface area contributed by atoms with E-state index in [0.717, 1.165) is 10.0 Å². The molecule has 170 valence electrons. The van der Waals surface area contributed by atoms with Crippen LogP contribution in [-0.2, 0) is 23.1 Å². The first-order valence-corrected chi connectivity index (χ1v) is 12.5. The van der Waals surface area contributed by atoms with Crippen molar-refractivity contribution in [1.29, 1.82) is 0 Å². The summed E-state index contributed by atoms with van der Waals surface area (Å²) in [5.41, 5.74) is 1.40. The van der Waals surface area contributed by atoms with Gasteiger partial charge >= 0.3 is 0 Å². The van der Waals surface area contributed by atoms with Gasteiger partial charge in [0, 0.05) is 4.47 Å². The van der Waals surface area contributed by atoms with Gasteiger partial charge in [-0.2, -0.15) is 4.31 Å². The van der Waals surface area contributed by atoms with Crippen LogP contribution in [0.15, 0.2) is 58.0 Å². The third-order valence-electron chi connectivity index (χ3n) is 5.24. The van der Waals surface area contributed by atoms with Gasteiger partial charge in [-0.05, 0) is 48.2 Å². The SMILES string of the molecule is CC(C)C[C@@H]1COc2cc(Br)ccc2S(=O)(=O)N1Cc1cn(Cc2ccc(F)cc2)nn1. The predicted molar refractivity (Wildman–Crippen MR) is 121 cm³/mol. The Morgan fingerprint density at radius 2 is 1.94 bits per heavy atom. The molecule has 1 atom stereocenters. The molecule has 2 heterocycles. The second-order valence-corrected chi connectivity index (χ2v) is 11.0. The minimum atomic E-state index is -3.81. The average molecular weight is 523 g/mol. The first-order chi connectivity index (χ1) is 15.2. The van der Waals surface area contributed by atoms with Crippen molar-refractivity contribution in [3.05, 3.63) is 70.2 Å². The van der Waals surface area contributed by atoms with Crippen molar-refractivity contribution in [2.75, 3.05) is 6.61 Å². The number of rotatable bonds is 6. The fourth-order valence-corrected chi connectivity index (χ4v) is 5.81. The van der Waals surface area contributed by atoms with Crippen molar-refractivity contribution in [1.82, 2.24) is 19.3 Å². The van der Waals surface area contributed by atoms with Crippen LogP contribution in [-0.4, -0.2) is 40.4 Å². The van der Waals surface area contributed by atoms with Gasteiger partial charge in [-0.25, -0.2) is 17.5 Å². The highest BCUT2D eigenvalue weighted by Crippen LogP contribution is 2.35. The zero-order valence-corrected chi connectivity index (χ0v) is 20.2. The molecule has 3 aromatic rings. The molecule has 0 bridgehead atoms. The molecule has 0 aliphatic carbocycles. The Kier molecular flexibility index (Phi) is 6.64. The standard InChI is InChI=1S/C22H24BrFN4O3S/c1-15(2)9-20-14-31-21-10-17(23)5-8-22(21)32(29,30)28(20)13-19-12-27(26-25-19)11-16-3-6-18(24)7-4-16/h3-8,10,12,15,20H,9,11,13-14H2,1-2H3/t20-/m1/s1. The van der Waals surface area contributed by atoms with Crippen LogP contribution in [0.25, 0.3) is 0 Å². The van der Waals surface area contributed by atoms with E-state index >= 15 is 0 Å². The summed E-state index contributed by atoms with van der Waals surface area (Å²) in [4.78, 5) is 0.144. The van der Waals surface area contributed by atoms with E-state index in [4.69, 9.17) is 4.74 Å². The van der Waals surface area contributed by atoms with Crippen molar-refractivity contribution in [2.45, 2.75) is 44.3 Å². The Balaban J connectivity index is 1.62. The van der Waals surface area contributed by atoms with Crippen LogP contribution in [0.2, 0.25) is 0 Å². The Morgan fingerprint density at radius 3 is 2.66 bits per heavy atom. The van der Waals surface area contributed by atoms with E-state index in [9.17, 15) is 12.8 Å². The van der Waals surface area contributed by atoms with Crippen molar-refractivity contribution >= 4 is 26.0 Å². The van der Waals surface area contributed by atoms with Gasteiger partial charge in [0.2, 0.25) is 10.0 Å². The molecular weight excluding hydrogens is 499 g/mol. The van der Waals surface area contributed by atoms with Crippen molar-refractivity contribution in [3.63, 3.8) is 0 Å². The minimum Gasteiger partial charge on any atom is -0.490 e. The maximum Gasteiger partial charge on any atom is 0.247 e. The summed E-state index contributed by atoms with van der Waals surface area (Å²) in [6.07, 6.45) is 2.37. The summed E-state index contributed by atoms with van der Waals surface area (Å²) in [6, 6.07) is 10.7. The van der Waals surface area contributed by atoms with E-state index in [-0.39, 0.29) is 35.8 Å². The molecule has 2 aromatic carbocycles. The maximum atomic E-state index is 13.6. The van der Waals surface area contributed by atoms with Crippen LogP contribution >= 0.6 is 15.9 Å². The van der Waals surface area contributed by atoms with Gasteiger partial charge in [0.05, 0.1) is 31.0 Å². The molecule has 4 rings (SSSR count). The molecule has 0 saturated carbocycles. The third kappa shape index (κ3) is 5.02. The fourth-order valence-electron chi connectivity index (χ4n) is 3.77. The summed E-state index contributed by atoms with van der Waals surface area (Å²) >= 11 is 3.38. The summed E-state index contributed by atoms with van der Waals surface area (Å²) in [5.74, 6) is 0.323. The topological polar surface area (TPSA) is 77.3 Å².